The van der Waals surface area contributed by atoms with Crippen molar-refractivity contribution in [3.05, 3.63) is 65.3 Å². The number of carbonyl (C=O) groups excluding carboxylic acids is 3. The van der Waals surface area contributed by atoms with Gasteiger partial charge in [0.2, 0.25) is 5.78 Å². The molecular weight excluding hydrogens is 300 g/mol. The highest BCUT2D eigenvalue weighted by atomic mass is 16.3. The van der Waals surface area contributed by atoms with Crippen molar-refractivity contribution in [2.75, 3.05) is 5.32 Å². The molecule has 0 saturated heterocycles. The minimum absolute atomic E-state index is 0.0698. The molecule has 0 radical (unpaired) electrons. The fourth-order valence-corrected chi connectivity index (χ4v) is 3.02. The molecule has 2 aliphatic heterocycles. The van der Waals surface area contributed by atoms with Crippen LogP contribution >= 0.6 is 0 Å². The fourth-order valence-electron chi connectivity index (χ4n) is 3.02. The van der Waals surface area contributed by atoms with Gasteiger partial charge in [-0.15, -0.1) is 0 Å². The van der Waals surface area contributed by atoms with Gasteiger partial charge in [-0.3, -0.25) is 14.4 Å². The lowest BCUT2D eigenvalue weighted by molar-refractivity contribution is -0.126. The largest absolute Gasteiger partial charge is 0.503 e. The molecule has 3 N–H and O–H groups in total. The molecular formula is C16H10N2O5. The number of anilines is 1. The van der Waals surface area contributed by atoms with Gasteiger partial charge < -0.3 is 20.2 Å². The fraction of sp³-hybridized carbons (Fsp3) is 0.0625. The van der Waals surface area contributed by atoms with Crippen molar-refractivity contribution in [3.8, 4) is 0 Å². The number of ketones is 1. The van der Waals surface area contributed by atoms with E-state index in [1.807, 2.05) is 0 Å². The Morgan fingerprint density at radius 2 is 1.91 bits per heavy atom. The zero-order chi connectivity index (χ0) is 16.2. The molecule has 0 fully saturated rings. The lowest BCUT2D eigenvalue weighted by atomic mass is 9.82. The van der Waals surface area contributed by atoms with E-state index in [2.05, 4.69) is 10.6 Å². The Labute approximate surface area is 129 Å². The average molecular weight is 310 g/mol. The molecule has 1 aromatic carbocycles. The Morgan fingerprint density at radius 1 is 1.13 bits per heavy atom. The summed E-state index contributed by atoms with van der Waals surface area (Å²) >= 11 is 0. The number of aliphatic hydroxyl groups excluding tert-OH is 1. The molecule has 3 heterocycles. The van der Waals surface area contributed by atoms with Crippen molar-refractivity contribution in [3.63, 3.8) is 0 Å². The van der Waals surface area contributed by atoms with Gasteiger partial charge in [-0.05, 0) is 18.2 Å². The predicted octanol–water partition coefficient (Wildman–Crippen LogP) is 1.25. The summed E-state index contributed by atoms with van der Waals surface area (Å²) in [5.41, 5.74) is -1.21. The number of nitrogens with one attached hydrogen (secondary N) is 2. The average Bonchev–Trinajstić information content (AvgIpc) is 3.21. The van der Waals surface area contributed by atoms with Crippen LogP contribution in [0.5, 0.6) is 0 Å². The first kappa shape index (κ1) is 13.3. The third kappa shape index (κ3) is 1.56. The van der Waals surface area contributed by atoms with Crippen molar-refractivity contribution >= 4 is 23.3 Å². The molecule has 0 bridgehead atoms. The molecule has 4 rings (SSSR count). The summed E-state index contributed by atoms with van der Waals surface area (Å²) in [5, 5.41) is 15.2. The summed E-state index contributed by atoms with van der Waals surface area (Å²) in [4.78, 5) is 37.3. The lowest BCUT2D eigenvalue weighted by Gasteiger charge is -2.24. The number of benzene rings is 1. The number of amides is 2. The number of rotatable bonds is 2. The third-order valence-electron chi connectivity index (χ3n) is 4.02. The maximum atomic E-state index is 12.7. The van der Waals surface area contributed by atoms with Crippen molar-refractivity contribution in [2.24, 2.45) is 0 Å². The first-order chi connectivity index (χ1) is 11.1. The van der Waals surface area contributed by atoms with E-state index in [1.165, 1.54) is 18.4 Å². The Morgan fingerprint density at radius 3 is 2.65 bits per heavy atom. The minimum Gasteiger partial charge on any atom is -0.503 e. The Kier molecular flexibility index (Phi) is 2.51. The summed E-state index contributed by atoms with van der Waals surface area (Å²) in [6, 6.07) is 9.56. The van der Waals surface area contributed by atoms with Crippen LogP contribution < -0.4 is 10.6 Å². The van der Waals surface area contributed by atoms with Gasteiger partial charge in [0.15, 0.2) is 17.1 Å². The van der Waals surface area contributed by atoms with Gasteiger partial charge in [0.1, 0.15) is 0 Å². The maximum absolute atomic E-state index is 12.7. The van der Waals surface area contributed by atoms with Crippen molar-refractivity contribution in [2.45, 2.75) is 5.54 Å². The van der Waals surface area contributed by atoms with Crippen molar-refractivity contribution < 1.29 is 23.9 Å². The highest BCUT2D eigenvalue weighted by Gasteiger charge is 2.59. The molecule has 0 aliphatic carbocycles. The van der Waals surface area contributed by atoms with Gasteiger partial charge in [-0.25, -0.2) is 0 Å². The number of Topliss-reactive ketones (excluding diaryl/α,β-unsaturated/α-hetero) is 1. The molecule has 1 aromatic heterocycles. The van der Waals surface area contributed by atoms with Gasteiger partial charge in [0.25, 0.3) is 11.8 Å². The van der Waals surface area contributed by atoms with Crippen LogP contribution in [0.3, 0.4) is 0 Å². The van der Waals surface area contributed by atoms with E-state index in [4.69, 9.17) is 4.42 Å². The molecule has 1 atom stereocenters. The minimum atomic E-state index is -1.75. The highest BCUT2D eigenvalue weighted by Crippen LogP contribution is 2.45. The molecule has 1 spiro atoms. The monoisotopic (exact) mass is 310 g/mol. The second-order valence-corrected chi connectivity index (χ2v) is 5.23. The number of carbonyl (C=O) groups is 3. The second-order valence-electron chi connectivity index (χ2n) is 5.23. The number of fused-ring (bicyclic) bond motifs is 2. The number of furan rings is 1. The molecule has 7 heteroatoms. The van der Waals surface area contributed by atoms with Gasteiger partial charge >= 0.3 is 0 Å². The zero-order valence-electron chi connectivity index (χ0n) is 11.6. The van der Waals surface area contributed by atoms with E-state index in [0.29, 0.717) is 11.3 Å². The van der Waals surface area contributed by atoms with Crippen LogP contribution in [-0.4, -0.2) is 22.7 Å². The van der Waals surface area contributed by atoms with E-state index in [0.717, 1.165) is 0 Å². The van der Waals surface area contributed by atoms with E-state index in [-0.39, 0.29) is 11.3 Å². The van der Waals surface area contributed by atoms with E-state index >= 15 is 0 Å². The van der Waals surface area contributed by atoms with Crippen molar-refractivity contribution in [1.82, 2.24) is 5.32 Å². The molecule has 23 heavy (non-hydrogen) atoms. The first-order valence-electron chi connectivity index (χ1n) is 6.81. The van der Waals surface area contributed by atoms with E-state index in [9.17, 15) is 19.5 Å². The summed E-state index contributed by atoms with van der Waals surface area (Å²) in [6.07, 6.45) is 1.30. The van der Waals surface area contributed by atoms with Gasteiger partial charge in [-0.1, -0.05) is 18.2 Å². The van der Waals surface area contributed by atoms with Crippen LogP contribution in [0.15, 0.2) is 58.4 Å². The molecule has 2 aromatic rings. The summed E-state index contributed by atoms with van der Waals surface area (Å²) in [7, 11) is 0. The van der Waals surface area contributed by atoms with E-state index in [1.54, 1.807) is 24.3 Å². The van der Waals surface area contributed by atoms with Crippen LogP contribution in [0.4, 0.5) is 5.69 Å². The quantitative estimate of drug-likeness (QED) is 0.723. The Bertz CT molecular complexity index is 897. The number of hydrogen-bond donors (Lipinski definition) is 3. The zero-order valence-corrected chi connectivity index (χ0v) is 11.6. The molecule has 7 nitrogen and oxygen atoms in total. The van der Waals surface area contributed by atoms with Crippen LogP contribution in [0.2, 0.25) is 0 Å². The highest BCUT2D eigenvalue weighted by molar-refractivity contribution is 6.25. The number of para-hydroxylation sites is 1. The Hall–Kier alpha value is -3.35. The molecule has 114 valence electrons. The second kappa shape index (κ2) is 4.33. The SMILES string of the molecule is O=C1NC2(C(=O)Nc3ccccc32)C(C(=O)c2ccco2)=C1O. The molecule has 2 amide bonds. The first-order valence-corrected chi connectivity index (χ1v) is 6.81. The van der Waals surface area contributed by atoms with Crippen LogP contribution in [-0.2, 0) is 15.1 Å². The lowest BCUT2D eigenvalue weighted by Crippen LogP contribution is -2.48. The summed E-state index contributed by atoms with van der Waals surface area (Å²) in [5.74, 6) is -3.06. The van der Waals surface area contributed by atoms with Crippen LogP contribution in [0.25, 0.3) is 0 Å². The van der Waals surface area contributed by atoms with Gasteiger partial charge in [-0.2, -0.15) is 0 Å². The van der Waals surface area contributed by atoms with Crippen LogP contribution in [0.1, 0.15) is 16.1 Å². The summed E-state index contributed by atoms with van der Waals surface area (Å²) in [6.45, 7) is 0. The predicted molar refractivity (Wildman–Crippen MR) is 77.6 cm³/mol. The van der Waals surface area contributed by atoms with Crippen molar-refractivity contribution in [1.29, 1.82) is 0 Å². The molecule has 0 saturated carbocycles. The number of aliphatic hydroxyl groups is 1. The summed E-state index contributed by atoms with van der Waals surface area (Å²) < 4.78 is 5.05. The standard InChI is InChI=1S/C16H10N2O5/c19-12(10-6-3-7-23-10)11-13(20)14(21)18-16(11)8-4-1-2-5-9(8)17-15(16)22/h1-7,20H,(H,17,22)(H,18,21). The third-order valence-corrected chi connectivity index (χ3v) is 4.02. The molecule has 2 aliphatic rings. The van der Waals surface area contributed by atoms with Gasteiger partial charge in [0, 0.05) is 11.3 Å². The number of hydrogen-bond acceptors (Lipinski definition) is 5. The normalized spacial score (nSPS) is 22.3. The smallest absolute Gasteiger partial charge is 0.288 e. The van der Waals surface area contributed by atoms with Crippen LogP contribution in [0, 0.1) is 0 Å². The molecule has 1 unspecified atom stereocenters. The Balaban J connectivity index is 1.97. The topological polar surface area (TPSA) is 109 Å². The van der Waals surface area contributed by atoms with E-state index < -0.39 is 28.9 Å². The maximum Gasteiger partial charge on any atom is 0.288 e. The van der Waals surface area contributed by atoms with Gasteiger partial charge in [0.05, 0.1) is 11.8 Å².